The summed E-state index contributed by atoms with van der Waals surface area (Å²) in [7, 11) is 0. The van der Waals surface area contributed by atoms with Gasteiger partial charge in [-0.05, 0) is 19.1 Å². The number of rotatable bonds is 5. The van der Waals surface area contributed by atoms with Crippen LogP contribution in [0.4, 0.5) is 4.39 Å². The molecule has 0 saturated carbocycles. The number of carbonyl (C=O) groups excluding carboxylic acids is 3. The molecule has 3 amide bonds. The maximum Gasteiger partial charge on any atom is 0.246 e. The lowest BCUT2D eigenvalue weighted by Crippen LogP contribution is -2.50. The second-order valence-electron chi connectivity index (χ2n) is 6.24. The van der Waals surface area contributed by atoms with E-state index >= 15 is 0 Å². The van der Waals surface area contributed by atoms with Crippen molar-refractivity contribution in [3.05, 3.63) is 41.2 Å². The zero-order chi connectivity index (χ0) is 19.1. The van der Waals surface area contributed by atoms with Crippen molar-refractivity contribution in [3.8, 4) is 0 Å². The lowest BCUT2D eigenvalue weighted by Gasteiger charge is -2.34. The average Bonchev–Trinajstić information content (AvgIpc) is 2.63. The minimum Gasteiger partial charge on any atom is -0.352 e. The first-order chi connectivity index (χ1) is 12.4. The van der Waals surface area contributed by atoms with Gasteiger partial charge in [-0.25, -0.2) is 4.39 Å². The fraction of sp³-hybridized carbons (Fsp3) is 0.421. The Balaban J connectivity index is 1.77. The van der Waals surface area contributed by atoms with Crippen LogP contribution in [0.1, 0.15) is 25.8 Å². The van der Waals surface area contributed by atoms with Gasteiger partial charge in [0.05, 0.1) is 0 Å². The van der Waals surface area contributed by atoms with E-state index in [4.69, 9.17) is 0 Å². The van der Waals surface area contributed by atoms with Gasteiger partial charge in [-0.15, -0.1) is 0 Å². The summed E-state index contributed by atoms with van der Waals surface area (Å²) in [6, 6.07) is 6.21. The lowest BCUT2D eigenvalue weighted by atomic mass is 10.1. The fourth-order valence-electron chi connectivity index (χ4n) is 2.74. The third kappa shape index (κ3) is 5.40. The third-order valence-corrected chi connectivity index (χ3v) is 4.34. The minimum absolute atomic E-state index is 0.0153. The van der Waals surface area contributed by atoms with Crippen LogP contribution in [0.3, 0.4) is 0 Å². The molecule has 7 heteroatoms. The Morgan fingerprint density at radius 1 is 1.08 bits per heavy atom. The molecular weight excluding hydrogens is 337 g/mol. The number of nitrogens with zero attached hydrogens (tertiary/aromatic N) is 2. The van der Waals surface area contributed by atoms with E-state index in [1.807, 2.05) is 0 Å². The third-order valence-electron chi connectivity index (χ3n) is 4.34. The predicted molar refractivity (Wildman–Crippen MR) is 96.5 cm³/mol. The first kappa shape index (κ1) is 19.6. The highest BCUT2D eigenvalue weighted by Crippen LogP contribution is 2.11. The number of piperazine rings is 1. The Hall–Kier alpha value is -2.70. The first-order valence-corrected chi connectivity index (χ1v) is 8.63. The molecule has 2 rings (SSSR count). The van der Waals surface area contributed by atoms with E-state index < -0.39 is 0 Å². The Morgan fingerprint density at radius 3 is 2.31 bits per heavy atom. The van der Waals surface area contributed by atoms with Crippen LogP contribution in [0.5, 0.6) is 0 Å². The average molecular weight is 361 g/mol. The molecule has 0 unspecified atom stereocenters. The molecule has 0 radical (unpaired) electrons. The molecule has 6 nitrogen and oxygen atoms in total. The molecule has 0 aromatic heterocycles. The van der Waals surface area contributed by atoms with Crippen molar-refractivity contribution in [3.63, 3.8) is 0 Å². The van der Waals surface area contributed by atoms with E-state index in [1.165, 1.54) is 19.1 Å². The normalized spacial score (nSPS) is 15.0. The molecule has 140 valence electrons. The molecule has 1 heterocycles. The monoisotopic (exact) mass is 361 g/mol. The van der Waals surface area contributed by atoms with Crippen LogP contribution in [0.2, 0.25) is 0 Å². The van der Waals surface area contributed by atoms with Gasteiger partial charge in [-0.2, -0.15) is 0 Å². The second-order valence-corrected chi connectivity index (χ2v) is 6.24. The van der Waals surface area contributed by atoms with Crippen molar-refractivity contribution in [2.45, 2.75) is 20.3 Å². The van der Waals surface area contributed by atoms with Gasteiger partial charge < -0.3 is 15.1 Å². The summed E-state index contributed by atoms with van der Waals surface area (Å²) in [6.45, 7) is 5.44. The summed E-state index contributed by atoms with van der Waals surface area (Å²) in [4.78, 5) is 38.9. The van der Waals surface area contributed by atoms with Gasteiger partial charge >= 0.3 is 0 Å². The highest BCUT2D eigenvalue weighted by Gasteiger charge is 2.22. The predicted octanol–water partition coefficient (Wildman–Crippen LogP) is 1.43. The van der Waals surface area contributed by atoms with E-state index in [0.29, 0.717) is 37.3 Å². The molecule has 0 spiro atoms. The maximum absolute atomic E-state index is 13.6. The van der Waals surface area contributed by atoms with Crippen LogP contribution in [-0.2, 0) is 14.4 Å². The summed E-state index contributed by atoms with van der Waals surface area (Å²) >= 11 is 0. The minimum atomic E-state index is -0.389. The van der Waals surface area contributed by atoms with E-state index in [9.17, 15) is 18.8 Å². The van der Waals surface area contributed by atoms with Crippen molar-refractivity contribution < 1.29 is 18.8 Å². The molecular formula is C19H24FN3O3. The number of halogens is 1. The van der Waals surface area contributed by atoms with Crippen molar-refractivity contribution in [2.24, 2.45) is 0 Å². The Morgan fingerprint density at radius 2 is 1.69 bits per heavy atom. The number of hydrogen-bond donors (Lipinski definition) is 1. The summed E-state index contributed by atoms with van der Waals surface area (Å²) in [5, 5.41) is 2.68. The molecule has 0 bridgehead atoms. The van der Waals surface area contributed by atoms with Gasteiger partial charge in [0.15, 0.2) is 0 Å². The molecule has 1 aliphatic rings. The summed E-state index contributed by atoms with van der Waals surface area (Å²) in [5.74, 6) is -0.757. The van der Waals surface area contributed by atoms with Crippen LogP contribution in [0.15, 0.2) is 29.8 Å². The van der Waals surface area contributed by atoms with Crippen molar-refractivity contribution in [1.82, 2.24) is 15.1 Å². The Bertz CT molecular complexity index is 710. The van der Waals surface area contributed by atoms with Gasteiger partial charge in [0, 0.05) is 57.2 Å². The standard InChI is InChI=1S/C19H24FN3O3/c1-14(13-16-5-3-4-6-17(16)20)19(26)21-8-7-18(25)23-11-9-22(10-12-23)15(2)24/h3-6,13H,7-12H2,1-2H3,(H,21,26)/b14-13+. The summed E-state index contributed by atoms with van der Waals surface area (Å²) in [5.41, 5.74) is 0.720. The zero-order valence-electron chi connectivity index (χ0n) is 15.1. The summed E-state index contributed by atoms with van der Waals surface area (Å²) < 4.78 is 13.6. The van der Waals surface area contributed by atoms with Gasteiger partial charge in [0.1, 0.15) is 5.82 Å². The maximum atomic E-state index is 13.6. The second kappa shape index (κ2) is 9.12. The number of hydrogen-bond acceptors (Lipinski definition) is 3. The molecule has 1 aliphatic heterocycles. The first-order valence-electron chi connectivity index (χ1n) is 8.63. The van der Waals surface area contributed by atoms with Crippen LogP contribution in [0.25, 0.3) is 6.08 Å². The molecule has 0 aliphatic carbocycles. The lowest BCUT2D eigenvalue weighted by molar-refractivity contribution is -0.138. The highest BCUT2D eigenvalue weighted by atomic mass is 19.1. The van der Waals surface area contributed by atoms with Crippen molar-refractivity contribution in [1.29, 1.82) is 0 Å². The number of carbonyl (C=O) groups is 3. The van der Waals surface area contributed by atoms with E-state index in [1.54, 1.807) is 34.9 Å². The van der Waals surface area contributed by atoms with E-state index in [0.717, 1.165) is 0 Å². The van der Waals surface area contributed by atoms with Gasteiger partial charge in [-0.3, -0.25) is 14.4 Å². The largest absolute Gasteiger partial charge is 0.352 e. The Kier molecular flexibility index (Phi) is 6.89. The van der Waals surface area contributed by atoms with E-state index in [-0.39, 0.29) is 36.5 Å². The summed E-state index contributed by atoms with van der Waals surface area (Å²) in [6.07, 6.45) is 1.67. The van der Waals surface area contributed by atoms with Crippen molar-refractivity contribution >= 4 is 23.8 Å². The molecule has 1 aromatic rings. The molecule has 1 aromatic carbocycles. The molecule has 26 heavy (non-hydrogen) atoms. The van der Waals surface area contributed by atoms with E-state index in [2.05, 4.69) is 5.32 Å². The van der Waals surface area contributed by atoms with Gasteiger partial charge in [0.25, 0.3) is 0 Å². The zero-order valence-corrected chi connectivity index (χ0v) is 15.1. The van der Waals surface area contributed by atoms with Crippen LogP contribution in [-0.4, -0.2) is 60.2 Å². The molecule has 0 atom stereocenters. The van der Waals surface area contributed by atoms with Crippen LogP contribution < -0.4 is 5.32 Å². The molecule has 1 N–H and O–H groups in total. The SMILES string of the molecule is CC(=O)N1CCN(C(=O)CCNC(=O)/C(C)=C/c2ccccc2F)CC1. The van der Waals surface area contributed by atoms with Crippen molar-refractivity contribution in [2.75, 3.05) is 32.7 Å². The number of benzene rings is 1. The van der Waals surface area contributed by atoms with Crippen LogP contribution in [0, 0.1) is 5.82 Å². The number of amides is 3. The quantitative estimate of drug-likeness (QED) is 0.807. The smallest absolute Gasteiger partial charge is 0.246 e. The molecule has 1 fully saturated rings. The Labute approximate surface area is 152 Å². The van der Waals surface area contributed by atoms with Crippen LogP contribution >= 0.6 is 0 Å². The fourth-order valence-corrected chi connectivity index (χ4v) is 2.74. The van der Waals surface area contributed by atoms with Gasteiger partial charge in [-0.1, -0.05) is 18.2 Å². The van der Waals surface area contributed by atoms with Gasteiger partial charge in [0.2, 0.25) is 17.7 Å². The molecule has 1 saturated heterocycles. The highest BCUT2D eigenvalue weighted by molar-refractivity contribution is 5.97. The topological polar surface area (TPSA) is 69.7 Å². The number of nitrogens with one attached hydrogen (secondary N) is 1.